The van der Waals surface area contributed by atoms with Crippen LogP contribution < -0.4 is 14.8 Å². The number of carbonyl (C=O) groups excluding carboxylic acids is 2. The van der Waals surface area contributed by atoms with E-state index >= 15 is 0 Å². The first-order valence-electron chi connectivity index (χ1n) is 9.05. The van der Waals surface area contributed by atoms with E-state index in [0.717, 1.165) is 11.3 Å². The van der Waals surface area contributed by atoms with E-state index in [-0.39, 0.29) is 12.7 Å². The summed E-state index contributed by atoms with van der Waals surface area (Å²) in [5.41, 5.74) is 3.36. The lowest BCUT2D eigenvalue weighted by atomic mass is 9.83. The van der Waals surface area contributed by atoms with E-state index in [2.05, 4.69) is 5.32 Å². The predicted octanol–water partition coefficient (Wildman–Crippen LogP) is 2.10. The van der Waals surface area contributed by atoms with Crippen LogP contribution in [0.1, 0.15) is 27.4 Å². The van der Waals surface area contributed by atoms with Crippen LogP contribution in [-0.2, 0) is 9.53 Å². The SMILES string of the molecule is COC(=O)C1C2=C(c3ccc4c(c3)OCO4)NCCN2C(=O)c2ccccc21. The van der Waals surface area contributed by atoms with Crippen molar-refractivity contribution in [3.8, 4) is 11.5 Å². The van der Waals surface area contributed by atoms with Crippen LogP contribution in [0.2, 0.25) is 0 Å². The van der Waals surface area contributed by atoms with E-state index < -0.39 is 11.9 Å². The smallest absolute Gasteiger partial charge is 0.319 e. The normalized spacial score (nSPS) is 19.7. The zero-order valence-corrected chi connectivity index (χ0v) is 15.2. The predicted molar refractivity (Wildman–Crippen MR) is 99.7 cm³/mol. The van der Waals surface area contributed by atoms with Gasteiger partial charge in [0.05, 0.1) is 18.5 Å². The fourth-order valence-electron chi connectivity index (χ4n) is 4.04. The molecule has 0 saturated carbocycles. The quantitative estimate of drug-likeness (QED) is 0.807. The number of amides is 1. The van der Waals surface area contributed by atoms with E-state index in [9.17, 15) is 9.59 Å². The van der Waals surface area contributed by atoms with Crippen LogP contribution >= 0.6 is 0 Å². The molecule has 0 bridgehead atoms. The molecule has 0 fully saturated rings. The summed E-state index contributed by atoms with van der Waals surface area (Å²) in [5, 5.41) is 3.37. The minimum Gasteiger partial charge on any atom is -0.468 e. The van der Waals surface area contributed by atoms with Crippen molar-refractivity contribution in [2.45, 2.75) is 5.92 Å². The van der Waals surface area contributed by atoms with Crippen molar-refractivity contribution < 1.29 is 23.8 Å². The highest BCUT2D eigenvalue weighted by Gasteiger charge is 2.43. The number of nitrogens with zero attached hydrogens (tertiary/aromatic N) is 1. The number of hydrogen-bond acceptors (Lipinski definition) is 6. The summed E-state index contributed by atoms with van der Waals surface area (Å²) in [4.78, 5) is 27.6. The number of carbonyl (C=O) groups is 2. The molecule has 1 N–H and O–H groups in total. The second kappa shape index (κ2) is 6.30. The van der Waals surface area contributed by atoms with Crippen molar-refractivity contribution in [2.24, 2.45) is 0 Å². The van der Waals surface area contributed by atoms with Gasteiger partial charge in [0.25, 0.3) is 5.91 Å². The summed E-state index contributed by atoms with van der Waals surface area (Å²) in [5.74, 6) is 0.123. The van der Waals surface area contributed by atoms with Gasteiger partial charge in [-0.25, -0.2) is 0 Å². The van der Waals surface area contributed by atoms with Crippen molar-refractivity contribution in [1.29, 1.82) is 0 Å². The molecule has 0 aromatic heterocycles. The monoisotopic (exact) mass is 378 g/mol. The Morgan fingerprint density at radius 2 is 2.00 bits per heavy atom. The maximum absolute atomic E-state index is 13.1. The van der Waals surface area contributed by atoms with Crippen molar-refractivity contribution in [2.75, 3.05) is 27.0 Å². The van der Waals surface area contributed by atoms with Crippen LogP contribution in [0.4, 0.5) is 0 Å². The molecule has 7 heteroatoms. The third kappa shape index (κ3) is 2.36. The molecule has 1 atom stereocenters. The summed E-state index contributed by atoms with van der Waals surface area (Å²) >= 11 is 0. The van der Waals surface area contributed by atoms with Crippen LogP contribution in [0, 0.1) is 0 Å². The van der Waals surface area contributed by atoms with Crippen LogP contribution in [0.3, 0.4) is 0 Å². The molecule has 7 nitrogen and oxygen atoms in total. The van der Waals surface area contributed by atoms with Crippen LogP contribution in [0.25, 0.3) is 5.70 Å². The number of ether oxygens (including phenoxy) is 3. The number of nitrogens with one attached hydrogen (secondary N) is 1. The highest BCUT2D eigenvalue weighted by Crippen LogP contribution is 2.42. The van der Waals surface area contributed by atoms with Gasteiger partial charge in [-0.05, 0) is 29.8 Å². The average molecular weight is 378 g/mol. The molecule has 0 aliphatic carbocycles. The molecule has 2 aromatic rings. The molecule has 3 aliphatic heterocycles. The summed E-state index contributed by atoms with van der Waals surface area (Å²) < 4.78 is 16.0. The lowest BCUT2D eigenvalue weighted by Gasteiger charge is -2.40. The van der Waals surface area contributed by atoms with E-state index in [0.29, 0.717) is 41.4 Å². The molecule has 0 saturated heterocycles. The number of methoxy groups -OCH3 is 1. The van der Waals surface area contributed by atoms with Crippen molar-refractivity contribution in [3.05, 3.63) is 64.9 Å². The second-order valence-electron chi connectivity index (χ2n) is 6.76. The summed E-state index contributed by atoms with van der Waals surface area (Å²) in [7, 11) is 1.36. The van der Waals surface area contributed by atoms with Gasteiger partial charge in [0.1, 0.15) is 5.92 Å². The summed E-state index contributed by atoms with van der Waals surface area (Å²) in [6.07, 6.45) is 0. The van der Waals surface area contributed by atoms with Gasteiger partial charge in [-0.3, -0.25) is 9.59 Å². The standard InChI is InChI=1S/C21H18N2O5/c1-26-21(25)17-13-4-2-3-5-14(13)20(24)23-9-8-22-18(19(17)23)12-6-7-15-16(10-12)28-11-27-15/h2-7,10,17,22H,8-9,11H2,1H3. The molecule has 1 unspecified atom stereocenters. The maximum Gasteiger partial charge on any atom is 0.319 e. The van der Waals surface area contributed by atoms with E-state index in [1.165, 1.54) is 7.11 Å². The van der Waals surface area contributed by atoms with Gasteiger partial charge >= 0.3 is 5.97 Å². The second-order valence-corrected chi connectivity index (χ2v) is 6.76. The molecule has 142 valence electrons. The number of esters is 1. The Hall–Kier alpha value is -3.48. The number of fused-ring (bicyclic) bond motifs is 3. The average Bonchev–Trinajstić information content (AvgIpc) is 3.21. The van der Waals surface area contributed by atoms with Gasteiger partial charge in [0.15, 0.2) is 11.5 Å². The molecule has 0 radical (unpaired) electrons. The molecule has 1 amide bonds. The van der Waals surface area contributed by atoms with Crippen LogP contribution in [0.15, 0.2) is 48.2 Å². The van der Waals surface area contributed by atoms with Gasteiger partial charge in [-0.1, -0.05) is 18.2 Å². The third-order valence-electron chi connectivity index (χ3n) is 5.30. The van der Waals surface area contributed by atoms with E-state index in [1.807, 2.05) is 30.3 Å². The first-order valence-corrected chi connectivity index (χ1v) is 9.05. The fourth-order valence-corrected chi connectivity index (χ4v) is 4.04. The number of rotatable bonds is 2. The van der Waals surface area contributed by atoms with Crippen molar-refractivity contribution in [3.63, 3.8) is 0 Å². The van der Waals surface area contributed by atoms with Crippen LogP contribution in [-0.4, -0.2) is 43.8 Å². The zero-order valence-electron chi connectivity index (χ0n) is 15.2. The number of benzene rings is 2. The van der Waals surface area contributed by atoms with Crippen molar-refractivity contribution >= 4 is 17.6 Å². The Morgan fingerprint density at radius 3 is 2.86 bits per heavy atom. The minimum atomic E-state index is -0.688. The third-order valence-corrected chi connectivity index (χ3v) is 5.30. The summed E-state index contributed by atoms with van der Waals surface area (Å²) in [6, 6.07) is 12.8. The van der Waals surface area contributed by atoms with Gasteiger partial charge in [-0.15, -0.1) is 0 Å². The molecule has 2 aromatic carbocycles. The first kappa shape index (κ1) is 16.7. The highest BCUT2D eigenvalue weighted by atomic mass is 16.7. The first-order chi connectivity index (χ1) is 13.7. The Labute approximate surface area is 161 Å². The molecule has 0 spiro atoms. The minimum absolute atomic E-state index is 0.106. The van der Waals surface area contributed by atoms with Gasteiger partial charge in [0.2, 0.25) is 6.79 Å². The lowest BCUT2D eigenvalue weighted by Crippen LogP contribution is -2.48. The Bertz CT molecular complexity index is 1030. The highest BCUT2D eigenvalue weighted by molar-refractivity contribution is 6.04. The zero-order chi connectivity index (χ0) is 19.3. The maximum atomic E-state index is 13.1. The molecule has 5 rings (SSSR count). The molecule has 3 aliphatic rings. The topological polar surface area (TPSA) is 77.1 Å². The van der Waals surface area contributed by atoms with E-state index in [4.69, 9.17) is 14.2 Å². The molecule has 28 heavy (non-hydrogen) atoms. The molecular formula is C21H18N2O5. The number of hydrogen-bond donors (Lipinski definition) is 1. The molecule has 3 heterocycles. The van der Waals surface area contributed by atoms with Gasteiger partial charge < -0.3 is 24.4 Å². The van der Waals surface area contributed by atoms with Crippen LogP contribution in [0.5, 0.6) is 11.5 Å². The van der Waals surface area contributed by atoms with E-state index in [1.54, 1.807) is 17.0 Å². The molecular weight excluding hydrogens is 360 g/mol. The fraction of sp³-hybridized carbons (Fsp3) is 0.238. The Balaban J connectivity index is 1.74. The summed E-state index contributed by atoms with van der Waals surface area (Å²) in [6.45, 7) is 1.24. The van der Waals surface area contributed by atoms with Gasteiger partial charge in [0, 0.05) is 24.2 Å². The Morgan fingerprint density at radius 1 is 1.18 bits per heavy atom. The Kier molecular flexibility index (Phi) is 3.75. The van der Waals surface area contributed by atoms with Crippen molar-refractivity contribution in [1.82, 2.24) is 10.2 Å². The lowest BCUT2D eigenvalue weighted by molar-refractivity contribution is -0.141. The largest absolute Gasteiger partial charge is 0.468 e. The van der Waals surface area contributed by atoms with Gasteiger partial charge in [-0.2, -0.15) is 0 Å².